The first kappa shape index (κ1) is 15.0. The Bertz CT molecular complexity index is 482. The van der Waals surface area contributed by atoms with Gasteiger partial charge in [-0.25, -0.2) is 4.79 Å². The first-order valence-corrected chi connectivity index (χ1v) is 7.90. The zero-order chi connectivity index (χ0) is 14.4. The second-order valence-corrected chi connectivity index (χ2v) is 5.71. The van der Waals surface area contributed by atoms with Crippen LogP contribution in [0.1, 0.15) is 25.8 Å². The van der Waals surface area contributed by atoms with Gasteiger partial charge < -0.3 is 9.47 Å². The number of carbonyl (C=O) groups excluding carboxylic acids is 1. The van der Waals surface area contributed by atoms with Crippen molar-refractivity contribution >= 4 is 17.7 Å². The van der Waals surface area contributed by atoms with Crippen LogP contribution in [0.25, 0.3) is 0 Å². The zero-order valence-corrected chi connectivity index (χ0v) is 12.7. The van der Waals surface area contributed by atoms with Crippen LogP contribution in [-0.2, 0) is 20.7 Å². The molecule has 1 aliphatic heterocycles. The molecule has 1 heterocycles. The molecule has 0 saturated carbocycles. The number of rotatable bonds is 5. The maximum atomic E-state index is 11.7. The number of carbonyl (C=O) groups is 1. The second kappa shape index (κ2) is 7.39. The molecule has 1 aromatic carbocycles. The van der Waals surface area contributed by atoms with Crippen molar-refractivity contribution in [2.75, 3.05) is 12.4 Å². The van der Waals surface area contributed by atoms with Gasteiger partial charge in [-0.3, -0.25) is 0 Å². The molecule has 20 heavy (non-hydrogen) atoms. The molecular formula is C16H20O3S. The van der Waals surface area contributed by atoms with Gasteiger partial charge in [0.25, 0.3) is 0 Å². The van der Waals surface area contributed by atoms with Crippen LogP contribution in [0, 0.1) is 0 Å². The molecule has 1 aliphatic rings. The number of hydrogen-bond acceptors (Lipinski definition) is 4. The minimum absolute atomic E-state index is 0.165. The highest BCUT2D eigenvalue weighted by atomic mass is 32.2. The van der Waals surface area contributed by atoms with E-state index in [1.54, 1.807) is 11.8 Å². The van der Waals surface area contributed by atoms with Crippen molar-refractivity contribution in [3.63, 3.8) is 0 Å². The molecule has 0 bridgehead atoms. The van der Waals surface area contributed by atoms with E-state index in [2.05, 4.69) is 24.3 Å². The number of esters is 1. The Kier molecular flexibility index (Phi) is 5.53. The van der Waals surface area contributed by atoms with E-state index in [-0.39, 0.29) is 12.1 Å². The van der Waals surface area contributed by atoms with Gasteiger partial charge in [0, 0.05) is 5.75 Å². The van der Waals surface area contributed by atoms with E-state index in [0.717, 1.165) is 18.6 Å². The molecule has 108 valence electrons. The quantitative estimate of drug-likeness (QED) is 0.778. The van der Waals surface area contributed by atoms with Gasteiger partial charge in [-0.2, -0.15) is 0 Å². The highest BCUT2D eigenvalue weighted by Crippen LogP contribution is 2.31. The van der Waals surface area contributed by atoms with Crippen molar-refractivity contribution in [1.29, 1.82) is 0 Å². The fraction of sp³-hybridized carbons (Fsp3) is 0.438. The maximum absolute atomic E-state index is 11.7. The van der Waals surface area contributed by atoms with Crippen molar-refractivity contribution < 1.29 is 14.3 Å². The van der Waals surface area contributed by atoms with E-state index in [1.165, 1.54) is 5.56 Å². The number of allylic oxidation sites excluding steroid dienone is 1. The lowest BCUT2D eigenvalue weighted by molar-refractivity contribution is -0.138. The summed E-state index contributed by atoms with van der Waals surface area (Å²) in [4.78, 5) is 12.3. The molecule has 1 aromatic rings. The average Bonchev–Trinajstić information content (AvgIpc) is 2.46. The topological polar surface area (TPSA) is 35.5 Å². The van der Waals surface area contributed by atoms with Crippen LogP contribution in [-0.4, -0.2) is 24.4 Å². The summed E-state index contributed by atoms with van der Waals surface area (Å²) in [7, 11) is 0. The zero-order valence-electron chi connectivity index (χ0n) is 11.9. The molecule has 0 radical (unpaired) electrons. The van der Waals surface area contributed by atoms with Crippen LogP contribution in [0.4, 0.5) is 0 Å². The SMILES string of the molecule is CCOC(=O)C1=C(C)OC(CCc2ccccc2)CS1. The summed E-state index contributed by atoms with van der Waals surface area (Å²) in [5.41, 5.74) is 1.32. The molecule has 4 heteroatoms. The largest absolute Gasteiger partial charge is 0.493 e. The van der Waals surface area contributed by atoms with Crippen molar-refractivity contribution in [3.8, 4) is 0 Å². The monoisotopic (exact) mass is 292 g/mol. The fourth-order valence-corrected chi connectivity index (χ4v) is 3.14. The average molecular weight is 292 g/mol. The van der Waals surface area contributed by atoms with Gasteiger partial charge in [0.2, 0.25) is 0 Å². The summed E-state index contributed by atoms with van der Waals surface area (Å²) in [5.74, 6) is 1.23. The molecule has 3 nitrogen and oxygen atoms in total. The molecule has 0 saturated heterocycles. The van der Waals surface area contributed by atoms with Gasteiger partial charge in [-0.15, -0.1) is 11.8 Å². The number of hydrogen-bond donors (Lipinski definition) is 0. The van der Waals surface area contributed by atoms with Crippen LogP contribution in [0.3, 0.4) is 0 Å². The normalized spacial score (nSPS) is 18.6. The predicted octanol–water partition coefficient (Wildman–Crippen LogP) is 3.55. The molecule has 0 amide bonds. The van der Waals surface area contributed by atoms with Crippen molar-refractivity contribution in [2.24, 2.45) is 0 Å². The Morgan fingerprint density at radius 2 is 2.15 bits per heavy atom. The van der Waals surface area contributed by atoms with Crippen LogP contribution in [0.5, 0.6) is 0 Å². The third kappa shape index (κ3) is 4.04. The molecule has 0 N–H and O–H groups in total. The first-order chi connectivity index (χ1) is 9.70. The lowest BCUT2D eigenvalue weighted by atomic mass is 10.1. The summed E-state index contributed by atoms with van der Waals surface area (Å²) in [6.45, 7) is 4.05. The van der Waals surface area contributed by atoms with Crippen molar-refractivity contribution in [1.82, 2.24) is 0 Å². The number of aryl methyl sites for hydroxylation is 1. The molecule has 1 unspecified atom stereocenters. The number of benzene rings is 1. The van der Waals surface area contributed by atoms with Crippen molar-refractivity contribution in [3.05, 3.63) is 46.6 Å². The fourth-order valence-electron chi connectivity index (χ4n) is 2.13. The van der Waals surface area contributed by atoms with Gasteiger partial charge in [-0.05, 0) is 32.3 Å². The standard InChI is InChI=1S/C16H20O3S/c1-3-18-16(17)15-12(2)19-14(11-20-15)10-9-13-7-5-4-6-8-13/h4-8,14H,3,9-11H2,1-2H3. The minimum atomic E-state index is -0.267. The molecule has 0 aromatic heterocycles. The van der Waals surface area contributed by atoms with E-state index < -0.39 is 0 Å². The second-order valence-electron chi connectivity index (χ2n) is 4.68. The van der Waals surface area contributed by atoms with Crippen molar-refractivity contribution in [2.45, 2.75) is 32.8 Å². The van der Waals surface area contributed by atoms with Crippen LogP contribution < -0.4 is 0 Å². The smallest absolute Gasteiger partial charge is 0.348 e. The Hall–Kier alpha value is -1.42. The summed E-state index contributed by atoms with van der Waals surface area (Å²) in [6.07, 6.45) is 2.12. The molecule has 0 spiro atoms. The Morgan fingerprint density at radius 3 is 2.80 bits per heavy atom. The highest BCUT2D eigenvalue weighted by molar-refractivity contribution is 8.04. The van der Waals surface area contributed by atoms with Crippen LogP contribution in [0.15, 0.2) is 41.0 Å². The number of thioether (sulfide) groups is 1. The predicted molar refractivity (Wildman–Crippen MR) is 81.4 cm³/mol. The van der Waals surface area contributed by atoms with E-state index in [0.29, 0.717) is 17.3 Å². The first-order valence-electron chi connectivity index (χ1n) is 6.92. The maximum Gasteiger partial charge on any atom is 0.348 e. The Morgan fingerprint density at radius 1 is 1.40 bits per heavy atom. The molecule has 1 atom stereocenters. The lowest BCUT2D eigenvalue weighted by Crippen LogP contribution is -2.23. The molecular weight excluding hydrogens is 272 g/mol. The van der Waals surface area contributed by atoms with Gasteiger partial charge >= 0.3 is 5.97 Å². The number of ether oxygens (including phenoxy) is 2. The molecule has 0 aliphatic carbocycles. The lowest BCUT2D eigenvalue weighted by Gasteiger charge is -2.25. The Labute approximate surface area is 124 Å². The van der Waals surface area contributed by atoms with Crippen LogP contribution in [0.2, 0.25) is 0 Å². The van der Waals surface area contributed by atoms with E-state index >= 15 is 0 Å². The molecule has 0 fully saturated rings. The van der Waals surface area contributed by atoms with Gasteiger partial charge in [0.05, 0.1) is 6.61 Å². The third-order valence-corrected chi connectivity index (χ3v) is 4.42. The summed E-state index contributed by atoms with van der Waals surface area (Å²) < 4.78 is 10.9. The van der Waals surface area contributed by atoms with Gasteiger partial charge in [0.1, 0.15) is 16.8 Å². The summed E-state index contributed by atoms with van der Waals surface area (Å²) in [5, 5.41) is 0. The van der Waals surface area contributed by atoms with E-state index in [9.17, 15) is 4.79 Å². The van der Waals surface area contributed by atoms with Gasteiger partial charge in [0.15, 0.2) is 0 Å². The summed E-state index contributed by atoms with van der Waals surface area (Å²) in [6, 6.07) is 10.4. The van der Waals surface area contributed by atoms with E-state index in [1.807, 2.05) is 19.9 Å². The van der Waals surface area contributed by atoms with Crippen LogP contribution >= 0.6 is 11.8 Å². The third-order valence-electron chi connectivity index (χ3n) is 3.14. The minimum Gasteiger partial charge on any atom is -0.493 e. The van der Waals surface area contributed by atoms with Gasteiger partial charge in [-0.1, -0.05) is 30.3 Å². The molecule has 2 rings (SSSR count). The Balaban J connectivity index is 1.87. The van der Waals surface area contributed by atoms with E-state index in [4.69, 9.17) is 9.47 Å². The summed E-state index contributed by atoms with van der Waals surface area (Å²) >= 11 is 1.54. The highest BCUT2D eigenvalue weighted by Gasteiger charge is 2.25.